The molecule has 2 heterocycles. The number of hydrogen-bond donors (Lipinski definition) is 2. The molecular formula is C22H26N4O3. The molecule has 7 nitrogen and oxygen atoms in total. The number of aryl methyl sites for hydroxylation is 1. The number of pyridine rings is 1. The molecule has 2 amide bonds. The summed E-state index contributed by atoms with van der Waals surface area (Å²) in [4.78, 5) is 28.6. The fraction of sp³-hybridized carbons (Fsp3) is 0.318. The van der Waals surface area contributed by atoms with E-state index < -0.39 is 0 Å². The van der Waals surface area contributed by atoms with Crippen molar-refractivity contribution in [3.8, 4) is 5.75 Å². The first kappa shape index (κ1) is 20.4. The fourth-order valence-corrected chi connectivity index (χ4v) is 2.86. The predicted octanol–water partition coefficient (Wildman–Crippen LogP) is 2.87. The van der Waals surface area contributed by atoms with Crippen molar-refractivity contribution in [2.75, 3.05) is 6.54 Å². The molecule has 0 spiro atoms. The van der Waals surface area contributed by atoms with Crippen molar-refractivity contribution < 1.29 is 14.3 Å². The van der Waals surface area contributed by atoms with Crippen LogP contribution in [0.4, 0.5) is 0 Å². The Morgan fingerprint density at radius 2 is 1.86 bits per heavy atom. The van der Waals surface area contributed by atoms with Gasteiger partial charge in [-0.05, 0) is 63.6 Å². The number of rotatable bonds is 6. The van der Waals surface area contributed by atoms with Crippen molar-refractivity contribution in [3.63, 3.8) is 0 Å². The Hall–Kier alpha value is -3.35. The molecule has 7 heteroatoms. The number of ether oxygens (including phenoxy) is 1. The van der Waals surface area contributed by atoms with Crippen molar-refractivity contribution in [2.24, 2.45) is 0 Å². The van der Waals surface area contributed by atoms with Crippen LogP contribution in [0.3, 0.4) is 0 Å². The molecule has 3 rings (SSSR count). The van der Waals surface area contributed by atoms with Crippen LogP contribution < -0.4 is 15.4 Å². The summed E-state index contributed by atoms with van der Waals surface area (Å²) in [6.45, 7) is 7.95. The Bertz CT molecular complexity index is 1020. The Morgan fingerprint density at radius 1 is 1.14 bits per heavy atom. The van der Waals surface area contributed by atoms with Crippen LogP contribution in [0.15, 0.2) is 48.8 Å². The molecule has 29 heavy (non-hydrogen) atoms. The number of fused-ring (bicyclic) bond motifs is 1. The number of nitrogens with zero attached hydrogens (tertiary/aromatic N) is 2. The summed E-state index contributed by atoms with van der Waals surface area (Å²) in [6, 6.07) is 10.8. The van der Waals surface area contributed by atoms with Crippen LogP contribution >= 0.6 is 0 Å². The maximum Gasteiger partial charge on any atom is 0.251 e. The van der Waals surface area contributed by atoms with Crippen LogP contribution in [0.25, 0.3) is 5.65 Å². The third-order valence-corrected chi connectivity index (χ3v) is 4.15. The molecule has 0 aliphatic rings. The number of aromatic nitrogens is 2. The average Bonchev–Trinajstić information content (AvgIpc) is 3.08. The van der Waals surface area contributed by atoms with E-state index in [1.54, 1.807) is 24.3 Å². The molecule has 0 unspecified atom stereocenters. The lowest BCUT2D eigenvalue weighted by Gasteiger charge is -2.20. The van der Waals surface area contributed by atoms with Gasteiger partial charge < -0.3 is 19.8 Å². The van der Waals surface area contributed by atoms with Crippen molar-refractivity contribution in [1.29, 1.82) is 0 Å². The first-order valence-electron chi connectivity index (χ1n) is 9.46. The molecule has 2 N–H and O–H groups in total. The normalized spacial score (nSPS) is 11.3. The summed E-state index contributed by atoms with van der Waals surface area (Å²) in [5.41, 5.74) is 2.97. The van der Waals surface area contributed by atoms with E-state index in [9.17, 15) is 9.59 Å². The van der Waals surface area contributed by atoms with Gasteiger partial charge in [0.05, 0.1) is 12.2 Å². The molecule has 2 aromatic heterocycles. The largest absolute Gasteiger partial charge is 0.487 e. The number of carbonyl (C=O) groups excluding carboxylic acids is 2. The van der Waals surface area contributed by atoms with Gasteiger partial charge >= 0.3 is 0 Å². The third-order valence-electron chi connectivity index (χ3n) is 4.15. The van der Waals surface area contributed by atoms with E-state index in [-0.39, 0.29) is 23.9 Å². The molecule has 152 valence electrons. The van der Waals surface area contributed by atoms with Gasteiger partial charge in [0, 0.05) is 23.5 Å². The minimum absolute atomic E-state index is 0.0678. The SMILES string of the molecule is Cc1cccn2cc(COc3ccc(C(=O)NCC(=O)NC(C)(C)C)cc3)nc12. The van der Waals surface area contributed by atoms with Crippen molar-refractivity contribution in [2.45, 2.75) is 39.8 Å². The molecule has 0 atom stereocenters. The minimum atomic E-state index is -0.333. The van der Waals surface area contributed by atoms with Crippen molar-refractivity contribution in [3.05, 3.63) is 65.6 Å². The topological polar surface area (TPSA) is 84.7 Å². The van der Waals surface area contributed by atoms with E-state index in [0.29, 0.717) is 17.9 Å². The Balaban J connectivity index is 1.53. The second-order valence-electron chi connectivity index (χ2n) is 7.95. The zero-order chi connectivity index (χ0) is 21.0. The smallest absolute Gasteiger partial charge is 0.251 e. The lowest BCUT2D eigenvalue weighted by molar-refractivity contribution is -0.121. The molecule has 0 bridgehead atoms. The van der Waals surface area contributed by atoms with Gasteiger partial charge in [0.15, 0.2) is 0 Å². The van der Waals surface area contributed by atoms with Gasteiger partial charge in [-0.25, -0.2) is 4.98 Å². The summed E-state index contributed by atoms with van der Waals surface area (Å²) in [5, 5.41) is 5.41. The predicted molar refractivity (Wildman–Crippen MR) is 111 cm³/mol. The van der Waals surface area contributed by atoms with E-state index in [1.807, 2.05) is 56.6 Å². The number of nitrogens with one attached hydrogen (secondary N) is 2. The van der Waals surface area contributed by atoms with E-state index in [1.165, 1.54) is 0 Å². The fourth-order valence-electron chi connectivity index (χ4n) is 2.86. The van der Waals surface area contributed by atoms with Gasteiger partial charge in [0.2, 0.25) is 5.91 Å². The summed E-state index contributed by atoms with van der Waals surface area (Å²) in [6.07, 6.45) is 3.89. The van der Waals surface area contributed by atoms with E-state index in [4.69, 9.17) is 4.74 Å². The number of amides is 2. The number of carbonyl (C=O) groups is 2. The molecule has 3 aromatic rings. The van der Waals surface area contributed by atoms with Crippen LogP contribution in [0.2, 0.25) is 0 Å². The van der Waals surface area contributed by atoms with Crippen LogP contribution in [-0.4, -0.2) is 33.3 Å². The van der Waals surface area contributed by atoms with E-state index in [2.05, 4.69) is 15.6 Å². The molecule has 0 saturated carbocycles. The molecule has 0 saturated heterocycles. The zero-order valence-electron chi connectivity index (χ0n) is 17.2. The van der Waals surface area contributed by atoms with Crippen LogP contribution in [0, 0.1) is 6.92 Å². The van der Waals surface area contributed by atoms with Gasteiger partial charge in [-0.1, -0.05) is 6.07 Å². The first-order valence-corrected chi connectivity index (χ1v) is 9.46. The highest BCUT2D eigenvalue weighted by atomic mass is 16.5. The maximum atomic E-state index is 12.2. The molecule has 0 fully saturated rings. The van der Waals surface area contributed by atoms with E-state index in [0.717, 1.165) is 16.9 Å². The molecule has 0 aliphatic carbocycles. The van der Waals surface area contributed by atoms with Gasteiger partial charge in [0.25, 0.3) is 5.91 Å². The summed E-state index contributed by atoms with van der Waals surface area (Å²) < 4.78 is 7.75. The monoisotopic (exact) mass is 394 g/mol. The summed E-state index contributed by atoms with van der Waals surface area (Å²) >= 11 is 0. The summed E-state index contributed by atoms with van der Waals surface area (Å²) in [7, 11) is 0. The standard InChI is InChI=1S/C22H26N4O3/c1-15-6-5-11-26-13-17(24-20(15)26)14-29-18-9-7-16(8-10-18)21(28)23-12-19(27)25-22(2,3)4/h5-11,13H,12,14H2,1-4H3,(H,23,28)(H,25,27). The van der Waals surface area contributed by atoms with Crippen LogP contribution in [0.5, 0.6) is 5.75 Å². The molecular weight excluding hydrogens is 368 g/mol. The Morgan fingerprint density at radius 3 is 2.52 bits per heavy atom. The lowest BCUT2D eigenvalue weighted by atomic mass is 10.1. The van der Waals surface area contributed by atoms with Gasteiger partial charge in [-0.3, -0.25) is 9.59 Å². The second kappa shape index (κ2) is 8.34. The number of imidazole rings is 1. The molecule has 0 radical (unpaired) electrons. The van der Waals surface area contributed by atoms with Crippen molar-refractivity contribution in [1.82, 2.24) is 20.0 Å². The highest BCUT2D eigenvalue weighted by Crippen LogP contribution is 2.15. The lowest BCUT2D eigenvalue weighted by Crippen LogP contribution is -2.45. The van der Waals surface area contributed by atoms with Crippen LogP contribution in [-0.2, 0) is 11.4 Å². The maximum absolute atomic E-state index is 12.2. The van der Waals surface area contributed by atoms with Gasteiger partial charge in [0.1, 0.15) is 18.0 Å². The van der Waals surface area contributed by atoms with Gasteiger partial charge in [-0.15, -0.1) is 0 Å². The highest BCUT2D eigenvalue weighted by molar-refractivity contribution is 5.96. The molecule has 0 aliphatic heterocycles. The number of benzene rings is 1. The Kier molecular flexibility index (Phi) is 5.87. The minimum Gasteiger partial charge on any atom is -0.487 e. The summed E-state index contributed by atoms with van der Waals surface area (Å²) in [5.74, 6) is 0.103. The quantitative estimate of drug-likeness (QED) is 0.673. The second-order valence-corrected chi connectivity index (χ2v) is 7.95. The first-order chi connectivity index (χ1) is 13.7. The van der Waals surface area contributed by atoms with Crippen LogP contribution in [0.1, 0.15) is 42.4 Å². The average molecular weight is 394 g/mol. The molecule has 1 aromatic carbocycles. The Labute approximate surface area is 170 Å². The van der Waals surface area contributed by atoms with E-state index >= 15 is 0 Å². The zero-order valence-corrected chi connectivity index (χ0v) is 17.2. The third kappa shape index (κ3) is 5.57. The highest BCUT2D eigenvalue weighted by Gasteiger charge is 2.14. The van der Waals surface area contributed by atoms with Gasteiger partial charge in [-0.2, -0.15) is 0 Å². The van der Waals surface area contributed by atoms with Crippen molar-refractivity contribution >= 4 is 17.5 Å². The number of hydrogen-bond acceptors (Lipinski definition) is 4.